The van der Waals surface area contributed by atoms with Gasteiger partial charge in [-0.1, -0.05) is 6.08 Å². The van der Waals surface area contributed by atoms with Crippen molar-refractivity contribution >= 4 is 28.7 Å². The molecule has 2 rings (SSSR count). The highest BCUT2D eigenvalue weighted by Crippen LogP contribution is 2.36. The zero-order valence-corrected chi connectivity index (χ0v) is 14.1. The minimum Gasteiger partial charge on any atom is -0.362 e. The SMILES string of the molecule is C=CCNC(=S)N1CCN(c2ccc(C(F)(F)F)cc2[N+](=O)[O-])CC1. The number of nitrogens with one attached hydrogen (secondary N) is 1. The molecule has 0 aromatic heterocycles. The summed E-state index contributed by atoms with van der Waals surface area (Å²) >= 11 is 5.24. The Labute approximate surface area is 148 Å². The third kappa shape index (κ3) is 4.59. The van der Waals surface area contributed by atoms with E-state index in [2.05, 4.69) is 11.9 Å². The number of halogens is 3. The number of thiocarbonyl (C=S) groups is 1. The molecule has 0 bridgehead atoms. The third-order valence-electron chi connectivity index (χ3n) is 3.80. The minimum absolute atomic E-state index is 0.183. The van der Waals surface area contributed by atoms with Gasteiger partial charge in [0.1, 0.15) is 5.69 Å². The van der Waals surface area contributed by atoms with Crippen molar-refractivity contribution in [2.45, 2.75) is 6.18 Å². The molecule has 1 aliphatic rings. The number of hydrogen-bond acceptors (Lipinski definition) is 4. The van der Waals surface area contributed by atoms with E-state index in [1.807, 2.05) is 4.90 Å². The molecule has 1 saturated heterocycles. The fourth-order valence-corrected chi connectivity index (χ4v) is 2.80. The molecule has 1 N–H and O–H groups in total. The van der Waals surface area contributed by atoms with Crippen molar-refractivity contribution in [3.05, 3.63) is 46.5 Å². The van der Waals surface area contributed by atoms with E-state index in [9.17, 15) is 23.3 Å². The van der Waals surface area contributed by atoms with Crippen LogP contribution in [0.15, 0.2) is 30.9 Å². The maximum atomic E-state index is 12.8. The number of nitro benzene ring substituents is 1. The van der Waals surface area contributed by atoms with Crippen molar-refractivity contribution in [3.63, 3.8) is 0 Å². The molecule has 10 heteroatoms. The van der Waals surface area contributed by atoms with Gasteiger partial charge < -0.3 is 15.1 Å². The van der Waals surface area contributed by atoms with Gasteiger partial charge in [0.05, 0.1) is 10.5 Å². The molecule has 1 aliphatic heterocycles. The molecule has 0 saturated carbocycles. The molecule has 25 heavy (non-hydrogen) atoms. The van der Waals surface area contributed by atoms with Gasteiger partial charge in [0.2, 0.25) is 0 Å². The Morgan fingerprint density at radius 3 is 2.52 bits per heavy atom. The van der Waals surface area contributed by atoms with Gasteiger partial charge in [-0.2, -0.15) is 13.2 Å². The molecule has 1 heterocycles. The average Bonchev–Trinajstić information content (AvgIpc) is 2.58. The van der Waals surface area contributed by atoms with Crippen molar-refractivity contribution in [2.24, 2.45) is 0 Å². The van der Waals surface area contributed by atoms with Crippen LogP contribution in [0.25, 0.3) is 0 Å². The quantitative estimate of drug-likeness (QED) is 0.379. The van der Waals surface area contributed by atoms with Crippen LogP contribution in [0.4, 0.5) is 24.5 Å². The first-order valence-corrected chi connectivity index (χ1v) is 7.89. The molecule has 0 spiro atoms. The van der Waals surface area contributed by atoms with Gasteiger partial charge in [-0.15, -0.1) is 6.58 Å². The predicted molar refractivity (Wildman–Crippen MR) is 92.7 cm³/mol. The van der Waals surface area contributed by atoms with E-state index in [4.69, 9.17) is 12.2 Å². The second kappa shape index (κ2) is 7.68. The highest BCUT2D eigenvalue weighted by Gasteiger charge is 2.34. The third-order valence-corrected chi connectivity index (χ3v) is 4.21. The van der Waals surface area contributed by atoms with Crippen LogP contribution in [-0.4, -0.2) is 47.7 Å². The summed E-state index contributed by atoms with van der Waals surface area (Å²) in [4.78, 5) is 14.0. The normalized spacial score (nSPS) is 15.0. The second-order valence-corrected chi connectivity index (χ2v) is 5.79. The van der Waals surface area contributed by atoms with Gasteiger partial charge in [-0.05, 0) is 24.4 Å². The first-order valence-electron chi connectivity index (χ1n) is 7.48. The summed E-state index contributed by atoms with van der Waals surface area (Å²) in [5.41, 5.74) is -1.39. The standard InChI is InChI=1S/C15H17F3N4O2S/c1-2-5-19-14(25)21-8-6-20(7-9-21)12-4-3-11(15(16,17)18)10-13(12)22(23)24/h2-4,10H,1,5-9H2,(H,19,25). The lowest BCUT2D eigenvalue weighted by Gasteiger charge is -2.37. The smallest absolute Gasteiger partial charge is 0.362 e. The van der Waals surface area contributed by atoms with E-state index >= 15 is 0 Å². The molecular weight excluding hydrogens is 357 g/mol. The van der Waals surface area contributed by atoms with E-state index in [1.54, 1.807) is 11.0 Å². The number of nitro groups is 1. The number of alkyl halides is 3. The van der Waals surface area contributed by atoms with Crippen LogP contribution in [0.3, 0.4) is 0 Å². The molecule has 1 aromatic rings. The largest absolute Gasteiger partial charge is 0.416 e. The first-order chi connectivity index (χ1) is 11.7. The van der Waals surface area contributed by atoms with E-state index in [0.717, 1.165) is 12.1 Å². The Balaban J connectivity index is 2.14. The molecule has 1 fully saturated rings. The molecule has 0 amide bonds. The average molecular weight is 374 g/mol. The van der Waals surface area contributed by atoms with Crippen LogP contribution in [0.5, 0.6) is 0 Å². The number of hydrogen-bond donors (Lipinski definition) is 1. The van der Waals surface area contributed by atoms with Gasteiger partial charge >= 0.3 is 6.18 Å². The molecule has 6 nitrogen and oxygen atoms in total. The zero-order chi connectivity index (χ0) is 18.6. The van der Waals surface area contributed by atoms with Crippen molar-refractivity contribution in [3.8, 4) is 0 Å². The summed E-state index contributed by atoms with van der Waals surface area (Å²) in [6, 6.07) is 2.61. The summed E-state index contributed by atoms with van der Waals surface area (Å²) in [7, 11) is 0. The van der Waals surface area contributed by atoms with Crippen LogP contribution in [-0.2, 0) is 6.18 Å². The van der Waals surface area contributed by atoms with Crippen LogP contribution in [0.1, 0.15) is 5.56 Å². The minimum atomic E-state index is -4.62. The number of rotatable bonds is 4. The Bertz CT molecular complexity index is 673. The molecule has 136 valence electrons. The molecule has 1 aromatic carbocycles. The van der Waals surface area contributed by atoms with Crippen LogP contribution in [0.2, 0.25) is 0 Å². The Morgan fingerprint density at radius 1 is 1.36 bits per heavy atom. The van der Waals surface area contributed by atoms with Crippen LogP contribution < -0.4 is 10.2 Å². The van der Waals surface area contributed by atoms with Crippen LogP contribution >= 0.6 is 12.2 Å². The molecule has 0 aliphatic carbocycles. The fraction of sp³-hybridized carbons (Fsp3) is 0.400. The van der Waals surface area contributed by atoms with Gasteiger partial charge in [0.25, 0.3) is 5.69 Å². The maximum absolute atomic E-state index is 12.8. The Morgan fingerprint density at radius 2 is 2.00 bits per heavy atom. The molecule has 0 atom stereocenters. The lowest BCUT2D eigenvalue weighted by Crippen LogP contribution is -2.51. The summed E-state index contributed by atoms with van der Waals surface area (Å²) in [6.07, 6.45) is -2.95. The fourth-order valence-electron chi connectivity index (χ4n) is 2.54. The van der Waals surface area contributed by atoms with Crippen molar-refractivity contribution in [1.82, 2.24) is 10.2 Å². The monoisotopic (exact) mass is 374 g/mol. The van der Waals surface area contributed by atoms with Crippen molar-refractivity contribution < 1.29 is 18.1 Å². The maximum Gasteiger partial charge on any atom is 0.416 e. The number of anilines is 1. The second-order valence-electron chi connectivity index (χ2n) is 5.41. The number of nitrogens with zero attached hydrogens (tertiary/aromatic N) is 3. The molecule has 0 unspecified atom stereocenters. The van der Waals surface area contributed by atoms with Crippen molar-refractivity contribution in [2.75, 3.05) is 37.6 Å². The zero-order valence-electron chi connectivity index (χ0n) is 13.3. The summed E-state index contributed by atoms with van der Waals surface area (Å²) < 4.78 is 38.3. The van der Waals surface area contributed by atoms with Gasteiger partial charge in [0, 0.05) is 38.8 Å². The Hall–Kier alpha value is -2.36. The lowest BCUT2D eigenvalue weighted by molar-refractivity contribution is -0.384. The molecular formula is C15H17F3N4O2S. The molecule has 0 radical (unpaired) electrons. The summed E-state index contributed by atoms with van der Waals surface area (Å²) in [5.74, 6) is 0. The topological polar surface area (TPSA) is 61.6 Å². The first kappa shape index (κ1) is 19.0. The van der Waals surface area contributed by atoms with E-state index in [1.165, 1.54) is 0 Å². The lowest BCUT2D eigenvalue weighted by atomic mass is 10.1. The van der Waals surface area contributed by atoms with E-state index in [-0.39, 0.29) is 5.69 Å². The number of benzene rings is 1. The van der Waals surface area contributed by atoms with Crippen LogP contribution in [0, 0.1) is 10.1 Å². The van der Waals surface area contributed by atoms with Gasteiger partial charge in [-0.3, -0.25) is 10.1 Å². The van der Waals surface area contributed by atoms with Gasteiger partial charge in [-0.25, -0.2) is 0 Å². The van der Waals surface area contributed by atoms with Gasteiger partial charge in [0.15, 0.2) is 5.11 Å². The van der Waals surface area contributed by atoms with Crippen molar-refractivity contribution in [1.29, 1.82) is 0 Å². The summed E-state index contributed by atoms with van der Waals surface area (Å²) in [6.45, 7) is 5.99. The number of piperazine rings is 1. The van der Waals surface area contributed by atoms with E-state index in [0.29, 0.717) is 43.9 Å². The highest BCUT2D eigenvalue weighted by molar-refractivity contribution is 7.80. The summed E-state index contributed by atoms with van der Waals surface area (Å²) in [5, 5.41) is 14.8. The predicted octanol–water partition coefficient (Wildman–Crippen LogP) is 2.80. The van der Waals surface area contributed by atoms with E-state index < -0.39 is 22.4 Å². The highest BCUT2D eigenvalue weighted by atomic mass is 32.1. The Kier molecular flexibility index (Phi) is 5.83.